The number of likely N-dealkylation sites (N-methyl/N-ethyl adjacent to an activating group) is 1. The molecule has 68 heavy (non-hydrogen) atoms. The zero-order valence-electron chi connectivity index (χ0n) is 40.3. The maximum Gasteiger partial charge on any atom is 0.341 e. The number of phenolic OH excluding ortho intramolecular Hbond substituents is 1. The van der Waals surface area contributed by atoms with Gasteiger partial charge < -0.3 is 39.7 Å². The van der Waals surface area contributed by atoms with E-state index in [1.54, 1.807) is 6.07 Å². The molecule has 5 fully saturated rings. The van der Waals surface area contributed by atoms with Crippen molar-refractivity contribution in [3.63, 3.8) is 0 Å². The molecule has 0 bridgehead atoms. The van der Waals surface area contributed by atoms with E-state index in [4.69, 9.17) is 14.2 Å². The van der Waals surface area contributed by atoms with E-state index in [0.29, 0.717) is 29.9 Å². The summed E-state index contributed by atoms with van der Waals surface area (Å²) in [5.74, 6) is -1.27. The minimum atomic E-state index is -2.22. The molecule has 368 valence electrons. The van der Waals surface area contributed by atoms with Crippen molar-refractivity contribution < 1.29 is 54.1 Å². The highest BCUT2D eigenvalue weighted by Gasteiger charge is 2.58. The van der Waals surface area contributed by atoms with Gasteiger partial charge in [0.25, 0.3) is 0 Å². The first-order valence-corrected chi connectivity index (χ1v) is 24.9. The SMILES string of the molecule is CCN1CCCC(OC(=O)C(c2ccccc2)c2ccccc2)C1.C[C@H]1C(=O)O[C@@H]2CCN3CC=C(COC(=O)[C@](C)(O)[C@]1(C)O)[C@H]23.C[C@]12CC[C@@H]3c4ccc(O)cc4CC[C@H]3[C@@H]1C[C@@H](O)[C@@H]2O. The number of cyclic esters (lactones) is 1. The van der Waals surface area contributed by atoms with Gasteiger partial charge >= 0.3 is 17.9 Å². The first-order valence-electron chi connectivity index (χ1n) is 24.9. The Morgan fingerprint density at radius 3 is 2.28 bits per heavy atom. The van der Waals surface area contributed by atoms with E-state index < -0.39 is 41.3 Å². The average Bonchev–Trinajstić information content (AvgIpc) is 4.00. The molecule has 4 heterocycles. The minimum absolute atomic E-state index is 0.00104. The third-order valence-corrected chi connectivity index (χ3v) is 17.0. The van der Waals surface area contributed by atoms with Crippen LogP contribution in [0.25, 0.3) is 0 Å². The number of aromatic hydroxyl groups is 1. The molecule has 3 aromatic carbocycles. The van der Waals surface area contributed by atoms with E-state index in [0.717, 1.165) is 101 Å². The molecule has 0 spiro atoms. The van der Waals surface area contributed by atoms with E-state index in [1.165, 1.54) is 25.0 Å². The molecular formula is C55H72N2O11. The molecular weight excluding hydrogens is 865 g/mol. The molecule has 13 heteroatoms. The molecule has 0 amide bonds. The number of carbonyl (C=O) groups is 3. The second-order valence-corrected chi connectivity index (χ2v) is 20.9. The van der Waals surface area contributed by atoms with Gasteiger partial charge in [0.2, 0.25) is 0 Å². The number of esters is 3. The fourth-order valence-corrected chi connectivity index (χ4v) is 12.5. The number of nitrogens with zero attached hydrogens (tertiary/aromatic N) is 2. The minimum Gasteiger partial charge on any atom is -0.508 e. The van der Waals surface area contributed by atoms with Gasteiger partial charge in [-0.15, -0.1) is 0 Å². The summed E-state index contributed by atoms with van der Waals surface area (Å²) in [4.78, 5) is 42.2. The summed E-state index contributed by atoms with van der Waals surface area (Å²) in [6.45, 7) is 12.7. The molecule has 3 aliphatic carbocycles. The number of carbonyl (C=O) groups excluding carboxylic acids is 3. The van der Waals surface area contributed by atoms with Crippen LogP contribution < -0.4 is 0 Å². The fraction of sp³-hybridized carbons (Fsp3) is 0.582. The highest BCUT2D eigenvalue weighted by atomic mass is 16.6. The van der Waals surface area contributed by atoms with Crippen molar-refractivity contribution in [1.82, 2.24) is 9.80 Å². The number of hydrogen-bond donors (Lipinski definition) is 5. The summed E-state index contributed by atoms with van der Waals surface area (Å²) in [5.41, 5.74) is 1.18. The highest BCUT2D eigenvalue weighted by molar-refractivity contribution is 5.84. The quantitative estimate of drug-likeness (QED) is 0.114. The number of hydrogen-bond acceptors (Lipinski definition) is 13. The van der Waals surface area contributed by atoms with Crippen molar-refractivity contribution >= 4 is 17.9 Å². The Hall–Kier alpha value is -4.63. The van der Waals surface area contributed by atoms with Gasteiger partial charge in [-0.05, 0) is 148 Å². The number of aliphatic hydroxyl groups is 4. The second kappa shape index (κ2) is 20.4. The van der Waals surface area contributed by atoms with Gasteiger partial charge in [-0.25, -0.2) is 4.79 Å². The van der Waals surface area contributed by atoms with E-state index >= 15 is 0 Å². The normalized spacial score (nSPS) is 35.6. The van der Waals surface area contributed by atoms with E-state index in [2.05, 4.69) is 29.7 Å². The Morgan fingerprint density at radius 2 is 1.60 bits per heavy atom. The first-order chi connectivity index (χ1) is 32.4. The molecule has 2 saturated carbocycles. The number of aliphatic hydroxyl groups excluding tert-OH is 2. The van der Waals surface area contributed by atoms with Crippen LogP contribution in [-0.4, -0.2) is 134 Å². The largest absolute Gasteiger partial charge is 0.508 e. The smallest absolute Gasteiger partial charge is 0.341 e. The lowest BCUT2D eigenvalue weighted by atomic mass is 9.55. The lowest BCUT2D eigenvalue weighted by Gasteiger charge is -2.49. The molecule has 4 aliphatic heterocycles. The van der Waals surface area contributed by atoms with E-state index in [1.807, 2.05) is 72.8 Å². The topological polar surface area (TPSA) is 187 Å². The van der Waals surface area contributed by atoms with Gasteiger partial charge in [0.05, 0.1) is 24.2 Å². The summed E-state index contributed by atoms with van der Waals surface area (Å²) in [5, 5.41) is 51.3. The monoisotopic (exact) mass is 937 g/mol. The number of piperidine rings is 1. The maximum absolute atomic E-state index is 13.0. The number of ether oxygens (including phenoxy) is 3. The molecule has 1 unspecified atom stereocenters. The summed E-state index contributed by atoms with van der Waals surface area (Å²) >= 11 is 0. The Morgan fingerprint density at radius 1 is 0.912 bits per heavy atom. The van der Waals surface area contributed by atoms with Crippen molar-refractivity contribution in [3.8, 4) is 5.75 Å². The summed E-state index contributed by atoms with van der Waals surface area (Å²) < 4.78 is 16.8. The molecule has 10 rings (SSSR count). The number of likely N-dealkylation sites (tertiary alicyclic amines) is 1. The van der Waals surface area contributed by atoms with Crippen LogP contribution in [0.1, 0.15) is 114 Å². The number of benzene rings is 3. The highest BCUT2D eigenvalue weighted by Crippen LogP contribution is 2.61. The molecule has 13 nitrogen and oxygen atoms in total. The lowest BCUT2D eigenvalue weighted by Crippen LogP contribution is -2.61. The van der Waals surface area contributed by atoms with Crippen LogP contribution in [0.4, 0.5) is 0 Å². The van der Waals surface area contributed by atoms with Crippen LogP contribution >= 0.6 is 0 Å². The van der Waals surface area contributed by atoms with Crippen molar-refractivity contribution in [2.75, 3.05) is 39.3 Å². The zero-order valence-corrected chi connectivity index (χ0v) is 40.3. The van der Waals surface area contributed by atoms with Crippen molar-refractivity contribution in [3.05, 3.63) is 113 Å². The van der Waals surface area contributed by atoms with Crippen LogP contribution in [0, 0.1) is 23.2 Å². The van der Waals surface area contributed by atoms with Crippen LogP contribution in [-0.2, 0) is 35.0 Å². The predicted octanol–water partition coefficient (Wildman–Crippen LogP) is 6.03. The number of fused-ring (bicyclic) bond motifs is 5. The molecule has 0 radical (unpaired) electrons. The number of phenols is 1. The third kappa shape index (κ3) is 9.76. The number of aryl methyl sites for hydroxylation is 1. The van der Waals surface area contributed by atoms with Gasteiger partial charge in [-0.1, -0.05) is 86.7 Å². The van der Waals surface area contributed by atoms with Crippen molar-refractivity contribution in [2.24, 2.45) is 23.2 Å². The van der Waals surface area contributed by atoms with Crippen molar-refractivity contribution in [1.29, 1.82) is 0 Å². The Balaban J connectivity index is 0.000000138. The first kappa shape index (κ1) is 49.8. The zero-order chi connectivity index (χ0) is 48.5. The molecule has 3 aromatic rings. The van der Waals surface area contributed by atoms with Crippen LogP contribution in [0.2, 0.25) is 0 Å². The predicted molar refractivity (Wildman–Crippen MR) is 255 cm³/mol. The maximum atomic E-state index is 13.0. The van der Waals surface area contributed by atoms with Gasteiger partial charge in [0, 0.05) is 19.6 Å². The van der Waals surface area contributed by atoms with E-state index in [-0.39, 0.29) is 42.2 Å². The second-order valence-electron chi connectivity index (χ2n) is 20.9. The van der Waals surface area contributed by atoms with Gasteiger partial charge in [-0.2, -0.15) is 0 Å². The van der Waals surface area contributed by atoms with Gasteiger partial charge in [0.1, 0.15) is 36.1 Å². The Bertz CT molecular complexity index is 2250. The molecule has 0 aromatic heterocycles. The molecule has 12 atom stereocenters. The lowest BCUT2D eigenvalue weighted by molar-refractivity contribution is -0.205. The van der Waals surface area contributed by atoms with Crippen molar-refractivity contribution in [2.45, 2.75) is 139 Å². The Kier molecular flexibility index (Phi) is 14.9. The average molecular weight is 937 g/mol. The fourth-order valence-electron chi connectivity index (χ4n) is 12.5. The molecule has 7 aliphatic rings. The summed E-state index contributed by atoms with van der Waals surface area (Å²) in [6.07, 6.45) is 8.19. The summed E-state index contributed by atoms with van der Waals surface area (Å²) in [6, 6.07) is 25.5. The van der Waals surface area contributed by atoms with Gasteiger partial charge in [0.15, 0.2) is 5.60 Å². The Labute approximate surface area is 401 Å². The van der Waals surface area contributed by atoms with Gasteiger partial charge in [-0.3, -0.25) is 19.4 Å². The standard InChI is InChI=1S/C21H25NO2.C18H24O3.C16H23NO6/c1-2-22-15-9-14-19(16-22)24-21(23)20(17-10-5-3-6-11-17)18-12-7-4-8-13-18;1-18-7-6-13-12-5-3-11(19)8-10(12)2-4-14(13)15(18)9-16(20)17(18)21;1-9-13(18)23-11-5-7-17-6-4-10(12(11)17)8-22-14(19)16(3,21)15(9,2)20/h3-8,10-13,19-20H,2,9,14-16H2,1H3;3,5,8,13-17,19-21H,2,4,6-7,9H2,1H3;4,9,11-12,20-21H,5-8H2,1-3H3/t;13-,14-,15+,16-,17+,18+;9-,11+,12+,15+,16-/m.10/s1. The van der Waals surface area contributed by atoms with Crippen LogP contribution in [0.3, 0.4) is 0 Å². The van der Waals surface area contributed by atoms with Crippen LogP contribution in [0.15, 0.2) is 90.5 Å². The third-order valence-electron chi connectivity index (χ3n) is 17.0. The number of rotatable bonds is 5. The van der Waals surface area contributed by atoms with Crippen LogP contribution in [0.5, 0.6) is 5.75 Å². The van der Waals surface area contributed by atoms with E-state index in [9.17, 15) is 39.9 Å². The summed E-state index contributed by atoms with van der Waals surface area (Å²) in [7, 11) is 0. The molecule has 5 N–H and O–H groups in total. The molecule has 3 saturated heterocycles.